The molecule has 1 aromatic rings. The zero-order valence-electron chi connectivity index (χ0n) is 7.09. The molecule has 0 radical (unpaired) electrons. The van der Waals surface area contributed by atoms with Crippen LogP contribution < -0.4 is 0 Å². The molecule has 1 heterocycles. The third-order valence-electron chi connectivity index (χ3n) is 1.65. The van der Waals surface area contributed by atoms with Crippen molar-refractivity contribution in [3.05, 3.63) is 20.3 Å². The van der Waals surface area contributed by atoms with E-state index in [-0.39, 0.29) is 14.2 Å². The summed E-state index contributed by atoms with van der Waals surface area (Å²) in [5, 5.41) is 0. The van der Waals surface area contributed by atoms with Gasteiger partial charge in [-0.3, -0.25) is 0 Å². The summed E-state index contributed by atoms with van der Waals surface area (Å²) in [5.74, 6) is -4.92. The van der Waals surface area contributed by atoms with Crippen LogP contribution in [0.3, 0.4) is 0 Å². The van der Waals surface area contributed by atoms with Gasteiger partial charge in [0.1, 0.15) is 4.83 Å². The van der Waals surface area contributed by atoms with Crippen LogP contribution in [0.25, 0.3) is 0 Å². The molecule has 0 aromatic carbocycles. The summed E-state index contributed by atoms with van der Waals surface area (Å²) in [6, 6.07) is 0.980. The first kappa shape index (κ1) is 14.5. The Bertz CT molecular complexity index is 389. The molecule has 0 aliphatic rings. The monoisotopic (exact) mass is 362 g/mol. The molecule has 0 bridgehead atoms. The van der Waals surface area contributed by atoms with Gasteiger partial charge in [0.15, 0.2) is 0 Å². The molecular weight excluding hydrogens is 362 g/mol. The van der Waals surface area contributed by atoms with Crippen LogP contribution in [-0.2, 0) is 0 Å². The Labute approximate surface area is 109 Å². The summed E-state index contributed by atoms with van der Waals surface area (Å²) in [7, 11) is 0. The van der Waals surface area contributed by atoms with Gasteiger partial charge in [-0.2, -0.15) is 22.0 Å². The van der Waals surface area contributed by atoms with Crippen LogP contribution in [0.5, 0.6) is 0 Å². The van der Waals surface area contributed by atoms with Crippen molar-refractivity contribution in [1.29, 1.82) is 0 Å². The van der Waals surface area contributed by atoms with Crippen molar-refractivity contribution in [2.75, 3.05) is 0 Å². The van der Waals surface area contributed by atoms with Gasteiger partial charge in [0.25, 0.3) is 0 Å². The molecule has 0 N–H and O–H groups in total. The van der Waals surface area contributed by atoms with Crippen molar-refractivity contribution in [3.63, 3.8) is 0 Å². The van der Waals surface area contributed by atoms with Gasteiger partial charge in [0, 0.05) is 5.56 Å². The predicted octanol–water partition coefficient (Wildman–Crippen LogP) is 5.69. The zero-order valence-corrected chi connectivity index (χ0v) is 11.0. The van der Waals surface area contributed by atoms with Gasteiger partial charge in [0.05, 0.1) is 8.67 Å². The van der Waals surface area contributed by atoms with Crippen LogP contribution in [0.4, 0.5) is 22.0 Å². The molecule has 16 heavy (non-hydrogen) atoms. The van der Waals surface area contributed by atoms with Crippen molar-refractivity contribution in [1.82, 2.24) is 0 Å². The van der Waals surface area contributed by atoms with E-state index in [0.717, 1.165) is 17.4 Å². The first-order valence-electron chi connectivity index (χ1n) is 3.60. The second kappa shape index (κ2) is 4.59. The minimum Gasteiger partial charge on any atom is -0.195 e. The number of halogens is 8. The minimum absolute atomic E-state index is 0.0439. The van der Waals surface area contributed by atoms with Crippen LogP contribution in [0, 0.1) is 0 Å². The normalized spacial score (nSPS) is 15.2. The van der Waals surface area contributed by atoms with Gasteiger partial charge in [-0.05, 0) is 6.07 Å². The van der Waals surface area contributed by atoms with Gasteiger partial charge in [-0.15, -0.1) is 11.3 Å². The Balaban J connectivity index is 3.11. The summed E-state index contributed by atoms with van der Waals surface area (Å²) < 4.78 is 61.9. The van der Waals surface area contributed by atoms with Crippen LogP contribution in [0.2, 0.25) is 8.67 Å². The fourth-order valence-electron chi connectivity index (χ4n) is 0.865. The summed E-state index contributed by atoms with van der Waals surface area (Å²) >= 11 is 14.0. The van der Waals surface area contributed by atoms with E-state index in [0.29, 0.717) is 0 Å². The smallest absolute Gasteiger partial charge is 0.195 e. The molecule has 9 heteroatoms. The van der Waals surface area contributed by atoms with Gasteiger partial charge >= 0.3 is 12.1 Å². The summed E-state index contributed by atoms with van der Waals surface area (Å²) in [6.45, 7) is 0. The first-order chi connectivity index (χ1) is 7.07. The number of alkyl halides is 6. The quantitative estimate of drug-likeness (QED) is 0.467. The molecule has 0 aliphatic carbocycles. The molecule has 0 spiro atoms. The van der Waals surface area contributed by atoms with E-state index >= 15 is 0 Å². The summed E-state index contributed by atoms with van der Waals surface area (Å²) in [6.07, 6.45) is -5.65. The maximum atomic E-state index is 12.9. The predicted molar refractivity (Wildman–Crippen MR) is 57.0 cm³/mol. The van der Waals surface area contributed by atoms with Gasteiger partial charge in [-0.1, -0.05) is 39.1 Å². The lowest BCUT2D eigenvalue weighted by Crippen LogP contribution is -2.39. The van der Waals surface area contributed by atoms with E-state index in [1.165, 1.54) is 0 Å². The fourth-order valence-corrected chi connectivity index (χ4v) is 3.30. The molecule has 0 saturated heterocycles. The molecule has 0 nitrogen and oxygen atoms in total. The Morgan fingerprint density at radius 3 is 2.00 bits per heavy atom. The maximum Gasteiger partial charge on any atom is 0.454 e. The standard InChI is InChI=1S/C7H2BrCl2F5S/c8-4(6(11,12)7(13,14)15)2-1-3(9)16-5(2)10/h1,4H. The molecule has 0 saturated carbocycles. The highest BCUT2D eigenvalue weighted by molar-refractivity contribution is 9.09. The van der Waals surface area contributed by atoms with E-state index in [9.17, 15) is 22.0 Å². The maximum absolute atomic E-state index is 12.9. The highest BCUT2D eigenvalue weighted by atomic mass is 79.9. The Hall–Kier alpha value is 0.410. The van der Waals surface area contributed by atoms with Crippen LogP contribution in [-0.4, -0.2) is 12.1 Å². The average molecular weight is 364 g/mol. The molecule has 0 fully saturated rings. The lowest BCUT2D eigenvalue weighted by molar-refractivity contribution is -0.281. The van der Waals surface area contributed by atoms with Crippen molar-refractivity contribution < 1.29 is 22.0 Å². The third kappa shape index (κ3) is 2.63. The number of hydrogen-bond acceptors (Lipinski definition) is 1. The van der Waals surface area contributed by atoms with E-state index in [1.807, 2.05) is 0 Å². The summed E-state index contributed by atoms with van der Waals surface area (Å²) in [5.41, 5.74) is -0.376. The molecular formula is C7H2BrCl2F5S. The van der Waals surface area contributed by atoms with Gasteiger partial charge < -0.3 is 0 Å². The lowest BCUT2D eigenvalue weighted by Gasteiger charge is -2.24. The van der Waals surface area contributed by atoms with Crippen molar-refractivity contribution in [3.8, 4) is 0 Å². The van der Waals surface area contributed by atoms with Gasteiger partial charge in [0.2, 0.25) is 0 Å². The summed E-state index contributed by atoms with van der Waals surface area (Å²) in [4.78, 5) is -2.25. The van der Waals surface area contributed by atoms with Crippen LogP contribution in [0.15, 0.2) is 6.07 Å². The lowest BCUT2D eigenvalue weighted by atomic mass is 10.1. The largest absolute Gasteiger partial charge is 0.454 e. The highest BCUT2D eigenvalue weighted by Gasteiger charge is 2.62. The van der Waals surface area contributed by atoms with Gasteiger partial charge in [-0.25, -0.2) is 0 Å². The minimum atomic E-state index is -5.65. The number of thiophene rings is 1. The second-order valence-electron chi connectivity index (χ2n) is 2.76. The number of hydrogen-bond donors (Lipinski definition) is 0. The fraction of sp³-hybridized carbons (Fsp3) is 0.429. The van der Waals surface area contributed by atoms with Crippen LogP contribution >= 0.6 is 50.5 Å². The zero-order chi connectivity index (χ0) is 12.7. The number of rotatable bonds is 2. The first-order valence-corrected chi connectivity index (χ1v) is 6.09. The van der Waals surface area contributed by atoms with Crippen LogP contribution in [0.1, 0.15) is 10.4 Å². The topological polar surface area (TPSA) is 0 Å². The second-order valence-corrected chi connectivity index (χ2v) is 5.96. The Kier molecular flexibility index (Phi) is 4.15. The average Bonchev–Trinajstić information content (AvgIpc) is 2.41. The van der Waals surface area contributed by atoms with Crippen molar-refractivity contribution in [2.24, 2.45) is 0 Å². The molecule has 1 unspecified atom stereocenters. The molecule has 0 aliphatic heterocycles. The van der Waals surface area contributed by atoms with E-state index < -0.39 is 16.9 Å². The highest BCUT2D eigenvalue weighted by Crippen LogP contribution is 2.52. The molecule has 1 atom stereocenters. The Morgan fingerprint density at radius 2 is 1.69 bits per heavy atom. The van der Waals surface area contributed by atoms with Crippen molar-refractivity contribution >= 4 is 50.5 Å². The van der Waals surface area contributed by atoms with E-state index in [1.54, 1.807) is 0 Å². The molecule has 1 rings (SSSR count). The van der Waals surface area contributed by atoms with E-state index in [4.69, 9.17) is 23.2 Å². The third-order valence-corrected chi connectivity index (χ3v) is 4.24. The molecule has 92 valence electrons. The molecule has 0 amide bonds. The SMILES string of the molecule is FC(F)(F)C(F)(F)C(Br)c1cc(Cl)sc1Cl. The molecule has 1 aromatic heterocycles. The Morgan fingerprint density at radius 1 is 1.19 bits per heavy atom. The van der Waals surface area contributed by atoms with Crippen molar-refractivity contribution in [2.45, 2.75) is 16.9 Å². The van der Waals surface area contributed by atoms with E-state index in [2.05, 4.69) is 15.9 Å².